The number of carbonyl (C=O) groups excluding carboxylic acids is 1. The molecule has 1 heterocycles. The largest absolute Gasteiger partial charge is 0.479 e. The maximum absolute atomic E-state index is 12.7. The standard InChI is InChI=1S/C17H24N2O6S/c1-17(12-25-2,16(21)22)18-15(20)13-7-6-8-14(11-13)26(23,24)19-9-4-3-5-10-19/h6-8,11H,3-5,9-10,12H2,1-2H3,(H,18,20)(H,21,22). The molecule has 1 aromatic rings. The van der Waals surface area contributed by atoms with Crippen LogP contribution in [-0.2, 0) is 19.6 Å². The van der Waals surface area contributed by atoms with E-state index in [1.54, 1.807) is 0 Å². The first kappa shape index (κ1) is 20.3. The van der Waals surface area contributed by atoms with Gasteiger partial charge in [0.1, 0.15) is 0 Å². The molecule has 0 aliphatic carbocycles. The second-order valence-electron chi connectivity index (χ2n) is 6.52. The van der Waals surface area contributed by atoms with E-state index in [0.29, 0.717) is 13.1 Å². The van der Waals surface area contributed by atoms with E-state index in [1.807, 2.05) is 0 Å². The number of methoxy groups -OCH3 is 1. The monoisotopic (exact) mass is 384 g/mol. The average molecular weight is 384 g/mol. The van der Waals surface area contributed by atoms with Crippen LogP contribution in [-0.4, -0.2) is 62.1 Å². The number of piperidine rings is 1. The third-order valence-corrected chi connectivity index (χ3v) is 6.24. The first-order valence-corrected chi connectivity index (χ1v) is 9.80. The van der Waals surface area contributed by atoms with E-state index in [-0.39, 0.29) is 17.1 Å². The van der Waals surface area contributed by atoms with Crippen molar-refractivity contribution in [3.63, 3.8) is 0 Å². The number of aliphatic carboxylic acids is 1. The van der Waals surface area contributed by atoms with Gasteiger partial charge in [-0.1, -0.05) is 12.5 Å². The predicted octanol–water partition coefficient (Wildman–Crippen LogP) is 1.08. The van der Waals surface area contributed by atoms with Crippen LogP contribution in [0.2, 0.25) is 0 Å². The molecule has 0 radical (unpaired) electrons. The van der Waals surface area contributed by atoms with Gasteiger partial charge in [-0.2, -0.15) is 4.31 Å². The lowest BCUT2D eigenvalue weighted by Crippen LogP contribution is -2.55. The number of nitrogens with one attached hydrogen (secondary N) is 1. The number of carboxylic acid groups (broad SMARTS) is 1. The Hall–Kier alpha value is -1.97. The van der Waals surface area contributed by atoms with Crippen LogP contribution in [0.15, 0.2) is 29.2 Å². The molecule has 0 bridgehead atoms. The summed E-state index contributed by atoms with van der Waals surface area (Å²) in [5.41, 5.74) is -1.54. The van der Waals surface area contributed by atoms with Crippen LogP contribution in [0.25, 0.3) is 0 Å². The van der Waals surface area contributed by atoms with Gasteiger partial charge in [-0.3, -0.25) is 4.79 Å². The number of benzene rings is 1. The summed E-state index contributed by atoms with van der Waals surface area (Å²) in [7, 11) is -2.34. The summed E-state index contributed by atoms with van der Waals surface area (Å²) in [6.07, 6.45) is 2.63. The molecule has 2 rings (SSSR count). The Morgan fingerprint density at radius 3 is 2.50 bits per heavy atom. The molecule has 8 nitrogen and oxygen atoms in total. The van der Waals surface area contributed by atoms with Crippen molar-refractivity contribution in [3.8, 4) is 0 Å². The van der Waals surface area contributed by atoms with Crippen molar-refractivity contribution in [2.24, 2.45) is 0 Å². The van der Waals surface area contributed by atoms with Crippen LogP contribution in [0, 0.1) is 0 Å². The van der Waals surface area contributed by atoms with E-state index >= 15 is 0 Å². The topological polar surface area (TPSA) is 113 Å². The van der Waals surface area contributed by atoms with Gasteiger partial charge in [0.05, 0.1) is 11.5 Å². The second kappa shape index (κ2) is 8.15. The number of nitrogens with zero attached hydrogens (tertiary/aromatic N) is 1. The van der Waals surface area contributed by atoms with Gasteiger partial charge >= 0.3 is 5.97 Å². The van der Waals surface area contributed by atoms with Gasteiger partial charge in [0.25, 0.3) is 5.91 Å². The molecule has 0 saturated carbocycles. The van der Waals surface area contributed by atoms with Crippen molar-refractivity contribution in [2.75, 3.05) is 26.8 Å². The van der Waals surface area contributed by atoms with Crippen molar-refractivity contribution in [1.29, 1.82) is 0 Å². The molecular weight excluding hydrogens is 360 g/mol. The minimum absolute atomic E-state index is 0.0239. The number of ether oxygens (including phenoxy) is 1. The van der Waals surface area contributed by atoms with Crippen molar-refractivity contribution >= 4 is 21.9 Å². The SMILES string of the molecule is COCC(C)(NC(=O)c1cccc(S(=O)(=O)N2CCCCC2)c1)C(=O)O. The second-order valence-corrected chi connectivity index (χ2v) is 8.45. The Morgan fingerprint density at radius 2 is 1.92 bits per heavy atom. The fourth-order valence-electron chi connectivity index (χ4n) is 2.81. The summed E-state index contributed by atoms with van der Waals surface area (Å²) in [6, 6.07) is 5.63. The summed E-state index contributed by atoms with van der Waals surface area (Å²) >= 11 is 0. The van der Waals surface area contributed by atoms with Crippen LogP contribution < -0.4 is 5.32 Å². The molecule has 1 aliphatic heterocycles. The van der Waals surface area contributed by atoms with Crippen molar-refractivity contribution in [2.45, 2.75) is 36.6 Å². The average Bonchev–Trinajstić information content (AvgIpc) is 2.62. The van der Waals surface area contributed by atoms with Crippen LogP contribution in [0.4, 0.5) is 0 Å². The van der Waals surface area contributed by atoms with Crippen molar-refractivity contribution in [1.82, 2.24) is 9.62 Å². The zero-order chi connectivity index (χ0) is 19.4. The highest BCUT2D eigenvalue weighted by atomic mass is 32.2. The fraction of sp³-hybridized carbons (Fsp3) is 0.529. The highest BCUT2D eigenvalue weighted by Crippen LogP contribution is 2.21. The third-order valence-electron chi connectivity index (χ3n) is 4.34. The lowest BCUT2D eigenvalue weighted by Gasteiger charge is -2.26. The zero-order valence-electron chi connectivity index (χ0n) is 14.9. The van der Waals surface area contributed by atoms with Gasteiger partial charge in [0.2, 0.25) is 10.0 Å². The normalized spacial score (nSPS) is 18.1. The number of hydrogen-bond donors (Lipinski definition) is 2. The van der Waals surface area contributed by atoms with Crippen LogP contribution in [0.5, 0.6) is 0 Å². The Balaban J connectivity index is 2.25. The fourth-order valence-corrected chi connectivity index (χ4v) is 4.38. The number of sulfonamides is 1. The Morgan fingerprint density at radius 1 is 1.27 bits per heavy atom. The van der Waals surface area contributed by atoms with Gasteiger partial charge in [-0.05, 0) is 38.0 Å². The molecule has 1 aromatic carbocycles. The summed E-state index contributed by atoms with van der Waals surface area (Å²) in [5.74, 6) is -1.92. The van der Waals surface area contributed by atoms with Gasteiger partial charge < -0.3 is 15.2 Å². The molecule has 0 aromatic heterocycles. The summed E-state index contributed by atoms with van der Waals surface area (Å²) in [5, 5.41) is 11.7. The lowest BCUT2D eigenvalue weighted by atomic mass is 10.0. The molecule has 1 atom stereocenters. The predicted molar refractivity (Wildman–Crippen MR) is 94.4 cm³/mol. The minimum atomic E-state index is -3.68. The van der Waals surface area contributed by atoms with E-state index in [0.717, 1.165) is 19.3 Å². The highest BCUT2D eigenvalue weighted by Gasteiger charge is 2.35. The van der Waals surface area contributed by atoms with Crippen molar-refractivity contribution < 1.29 is 27.9 Å². The van der Waals surface area contributed by atoms with Gasteiger partial charge in [-0.15, -0.1) is 0 Å². The van der Waals surface area contributed by atoms with E-state index < -0.39 is 27.4 Å². The van der Waals surface area contributed by atoms with Crippen LogP contribution in [0.3, 0.4) is 0 Å². The lowest BCUT2D eigenvalue weighted by molar-refractivity contribution is -0.145. The molecule has 1 unspecified atom stereocenters. The Labute approximate surface area is 153 Å². The molecule has 1 fully saturated rings. The highest BCUT2D eigenvalue weighted by molar-refractivity contribution is 7.89. The third kappa shape index (κ3) is 4.40. The summed E-state index contributed by atoms with van der Waals surface area (Å²) in [6.45, 7) is 2.03. The molecule has 1 saturated heterocycles. The number of carboxylic acids is 1. The smallest absolute Gasteiger partial charge is 0.331 e. The van der Waals surface area contributed by atoms with E-state index in [1.165, 1.54) is 42.6 Å². The van der Waals surface area contributed by atoms with E-state index in [4.69, 9.17) is 4.74 Å². The number of amides is 1. The molecule has 9 heteroatoms. The van der Waals surface area contributed by atoms with E-state index in [9.17, 15) is 23.1 Å². The van der Waals surface area contributed by atoms with E-state index in [2.05, 4.69) is 5.32 Å². The van der Waals surface area contributed by atoms with Gasteiger partial charge in [0.15, 0.2) is 5.54 Å². The van der Waals surface area contributed by atoms with Crippen molar-refractivity contribution in [3.05, 3.63) is 29.8 Å². The molecule has 2 N–H and O–H groups in total. The quantitative estimate of drug-likeness (QED) is 0.727. The maximum Gasteiger partial charge on any atom is 0.331 e. The number of rotatable bonds is 7. The Bertz CT molecular complexity index is 773. The number of carbonyl (C=O) groups is 2. The van der Waals surface area contributed by atoms with Gasteiger partial charge in [0, 0.05) is 25.8 Å². The van der Waals surface area contributed by atoms with Crippen LogP contribution >= 0.6 is 0 Å². The van der Waals surface area contributed by atoms with Crippen LogP contribution in [0.1, 0.15) is 36.5 Å². The summed E-state index contributed by atoms with van der Waals surface area (Å²) < 4.78 is 31.8. The van der Waals surface area contributed by atoms with Gasteiger partial charge in [-0.25, -0.2) is 13.2 Å². The molecule has 1 amide bonds. The first-order valence-electron chi connectivity index (χ1n) is 8.36. The Kier molecular flexibility index (Phi) is 6.38. The molecule has 144 valence electrons. The minimum Gasteiger partial charge on any atom is -0.479 e. The first-order chi connectivity index (χ1) is 12.2. The molecule has 0 spiro atoms. The molecule has 1 aliphatic rings. The summed E-state index contributed by atoms with van der Waals surface area (Å²) in [4.78, 5) is 23.9. The molecule has 26 heavy (non-hydrogen) atoms. The number of hydrogen-bond acceptors (Lipinski definition) is 5. The molecular formula is C17H24N2O6S. The zero-order valence-corrected chi connectivity index (χ0v) is 15.7. The maximum atomic E-state index is 12.7.